The summed E-state index contributed by atoms with van der Waals surface area (Å²) >= 11 is 0. The van der Waals surface area contributed by atoms with Crippen LogP contribution in [0.15, 0.2) is 78.9 Å². The van der Waals surface area contributed by atoms with Crippen LogP contribution in [0.1, 0.15) is 27.5 Å². The number of nitrogens with zero attached hydrogens (tertiary/aromatic N) is 2. The Balaban J connectivity index is 1.44. The predicted molar refractivity (Wildman–Crippen MR) is 132 cm³/mol. The molecule has 10 heteroatoms. The first kappa shape index (κ1) is 26.0. The lowest BCUT2D eigenvalue weighted by Crippen LogP contribution is -2.52. The highest BCUT2D eigenvalue weighted by Crippen LogP contribution is 2.30. The van der Waals surface area contributed by atoms with Crippen LogP contribution in [0.2, 0.25) is 0 Å². The number of ether oxygens (including phenoxy) is 1. The van der Waals surface area contributed by atoms with Crippen LogP contribution in [0.4, 0.5) is 18.9 Å². The Kier molecular flexibility index (Phi) is 7.98. The van der Waals surface area contributed by atoms with Crippen molar-refractivity contribution in [2.75, 3.05) is 31.9 Å². The van der Waals surface area contributed by atoms with Gasteiger partial charge in [0, 0.05) is 38.3 Å². The van der Waals surface area contributed by atoms with Crippen LogP contribution < -0.4 is 15.8 Å². The third-order valence-corrected chi connectivity index (χ3v) is 6.13. The van der Waals surface area contributed by atoms with E-state index in [0.29, 0.717) is 32.7 Å². The van der Waals surface area contributed by atoms with Gasteiger partial charge in [-0.05, 0) is 29.3 Å². The zero-order chi connectivity index (χ0) is 26.4. The number of carbonyl (C=O) groups is 2. The van der Waals surface area contributed by atoms with Crippen LogP contribution in [-0.4, -0.2) is 54.2 Å². The number of hydrogen-bond acceptors (Lipinski definition) is 5. The molecule has 1 saturated heterocycles. The van der Waals surface area contributed by atoms with E-state index < -0.39 is 24.1 Å². The summed E-state index contributed by atoms with van der Waals surface area (Å²) in [4.78, 5) is 29.9. The van der Waals surface area contributed by atoms with Crippen molar-refractivity contribution in [1.82, 2.24) is 15.1 Å². The normalized spacial score (nSPS) is 15.2. The second kappa shape index (κ2) is 11.3. The minimum atomic E-state index is -4.92. The number of anilines is 1. The molecule has 0 saturated carbocycles. The van der Waals surface area contributed by atoms with E-state index in [2.05, 4.69) is 10.1 Å². The van der Waals surface area contributed by atoms with Crippen LogP contribution in [-0.2, 0) is 11.3 Å². The molecule has 0 spiro atoms. The minimum Gasteiger partial charge on any atom is -0.404 e. The highest BCUT2D eigenvalue weighted by Gasteiger charge is 2.34. The van der Waals surface area contributed by atoms with E-state index in [4.69, 9.17) is 5.73 Å². The molecule has 4 rings (SSSR count). The molecular weight excluding hydrogens is 485 g/mol. The summed E-state index contributed by atoms with van der Waals surface area (Å²) in [5, 5.41) is 3.01. The standard InChI is InChI=1S/C27H27F3N4O3/c28-27(29,30)37-23-17-21(11-12-22(23)31)26(36)34-15-13-33(14-16-34)24(20-9-5-2-6-10-20)25(35)32-18-19-7-3-1-4-8-19/h1-12,17,24H,13-16,18,31H2,(H,32,35)/t24-/m1/s1. The Labute approximate surface area is 212 Å². The molecule has 0 aliphatic carbocycles. The summed E-state index contributed by atoms with van der Waals surface area (Å²) in [6.07, 6.45) is -4.92. The number of nitrogens with one attached hydrogen (secondary N) is 1. The number of nitrogens with two attached hydrogens (primary N) is 1. The Morgan fingerprint density at radius 2 is 1.54 bits per heavy atom. The monoisotopic (exact) mass is 512 g/mol. The first-order chi connectivity index (χ1) is 17.7. The molecule has 194 valence electrons. The Bertz CT molecular complexity index is 1210. The molecule has 3 aromatic carbocycles. The summed E-state index contributed by atoms with van der Waals surface area (Å²) < 4.78 is 42.0. The number of hydrogen-bond donors (Lipinski definition) is 2. The van der Waals surface area contributed by atoms with Crippen molar-refractivity contribution in [1.29, 1.82) is 0 Å². The fraction of sp³-hybridized carbons (Fsp3) is 0.259. The van der Waals surface area contributed by atoms with Gasteiger partial charge in [0.25, 0.3) is 5.91 Å². The summed E-state index contributed by atoms with van der Waals surface area (Å²) in [6, 6.07) is 22.0. The number of halogens is 3. The average molecular weight is 513 g/mol. The van der Waals surface area contributed by atoms with E-state index in [9.17, 15) is 22.8 Å². The van der Waals surface area contributed by atoms with Crippen LogP contribution in [0, 0.1) is 0 Å². The number of rotatable bonds is 7. The number of carbonyl (C=O) groups excluding carboxylic acids is 2. The lowest BCUT2D eigenvalue weighted by molar-refractivity contribution is -0.274. The van der Waals surface area contributed by atoms with Crippen LogP contribution in [0.3, 0.4) is 0 Å². The summed E-state index contributed by atoms with van der Waals surface area (Å²) in [6.45, 7) is 1.80. The van der Waals surface area contributed by atoms with Crippen LogP contribution >= 0.6 is 0 Å². The molecule has 3 N–H and O–H groups in total. The first-order valence-corrected chi connectivity index (χ1v) is 11.8. The van der Waals surface area contributed by atoms with E-state index in [-0.39, 0.29) is 17.2 Å². The molecule has 1 heterocycles. The number of alkyl halides is 3. The van der Waals surface area contributed by atoms with E-state index in [1.54, 1.807) is 4.90 Å². The molecule has 3 aromatic rings. The Morgan fingerprint density at radius 1 is 0.919 bits per heavy atom. The van der Waals surface area contributed by atoms with Crippen molar-refractivity contribution >= 4 is 17.5 Å². The van der Waals surface area contributed by atoms with Gasteiger partial charge in [-0.15, -0.1) is 13.2 Å². The third kappa shape index (κ3) is 6.79. The lowest BCUT2D eigenvalue weighted by Gasteiger charge is -2.39. The van der Waals surface area contributed by atoms with Crippen molar-refractivity contribution < 1.29 is 27.5 Å². The van der Waals surface area contributed by atoms with Crippen LogP contribution in [0.25, 0.3) is 0 Å². The SMILES string of the molecule is Nc1ccc(C(=O)N2CCN([C@@H](C(=O)NCc3ccccc3)c3ccccc3)CC2)cc1OC(F)(F)F. The molecule has 0 unspecified atom stereocenters. The summed E-state index contributed by atoms with van der Waals surface area (Å²) in [7, 11) is 0. The maximum Gasteiger partial charge on any atom is 0.573 e. The zero-order valence-electron chi connectivity index (χ0n) is 19.9. The van der Waals surface area contributed by atoms with Crippen molar-refractivity contribution in [2.45, 2.75) is 18.9 Å². The van der Waals surface area contributed by atoms with E-state index in [1.165, 1.54) is 12.1 Å². The van der Waals surface area contributed by atoms with Gasteiger partial charge in [0.1, 0.15) is 6.04 Å². The predicted octanol–water partition coefficient (Wildman–Crippen LogP) is 3.98. The topological polar surface area (TPSA) is 87.9 Å². The molecule has 0 bridgehead atoms. The molecule has 1 fully saturated rings. The van der Waals surface area contributed by atoms with Gasteiger partial charge >= 0.3 is 6.36 Å². The summed E-state index contributed by atoms with van der Waals surface area (Å²) in [5.74, 6) is -1.20. The molecule has 2 amide bonds. The van der Waals surface area contributed by atoms with E-state index in [0.717, 1.165) is 17.2 Å². The first-order valence-electron chi connectivity index (χ1n) is 11.8. The van der Waals surface area contributed by atoms with Crippen molar-refractivity contribution in [3.8, 4) is 5.75 Å². The zero-order valence-corrected chi connectivity index (χ0v) is 19.9. The smallest absolute Gasteiger partial charge is 0.404 e. The van der Waals surface area contributed by atoms with Gasteiger partial charge in [0.2, 0.25) is 5.91 Å². The second-order valence-corrected chi connectivity index (χ2v) is 8.65. The lowest BCUT2D eigenvalue weighted by atomic mass is 10.0. The molecule has 0 aromatic heterocycles. The molecule has 7 nitrogen and oxygen atoms in total. The molecule has 0 radical (unpaired) electrons. The van der Waals surface area contributed by atoms with Gasteiger partial charge in [-0.3, -0.25) is 14.5 Å². The molecule has 1 atom stereocenters. The van der Waals surface area contributed by atoms with Gasteiger partial charge in [-0.25, -0.2) is 0 Å². The van der Waals surface area contributed by atoms with Gasteiger partial charge < -0.3 is 20.7 Å². The minimum absolute atomic E-state index is 0.0436. The fourth-order valence-corrected chi connectivity index (χ4v) is 4.29. The number of amides is 2. The number of nitrogen functional groups attached to an aromatic ring is 1. The Hall–Kier alpha value is -4.05. The molecular formula is C27H27F3N4O3. The average Bonchev–Trinajstić information content (AvgIpc) is 2.89. The third-order valence-electron chi connectivity index (χ3n) is 6.13. The van der Waals surface area contributed by atoms with Gasteiger partial charge in [0.05, 0.1) is 5.69 Å². The van der Waals surface area contributed by atoms with Crippen molar-refractivity contribution in [3.63, 3.8) is 0 Å². The van der Waals surface area contributed by atoms with E-state index in [1.807, 2.05) is 65.6 Å². The highest BCUT2D eigenvalue weighted by atomic mass is 19.4. The highest BCUT2D eigenvalue weighted by molar-refractivity contribution is 5.95. The number of benzene rings is 3. The van der Waals surface area contributed by atoms with E-state index >= 15 is 0 Å². The molecule has 1 aliphatic heterocycles. The van der Waals surface area contributed by atoms with Crippen molar-refractivity contribution in [3.05, 3.63) is 95.6 Å². The Morgan fingerprint density at radius 3 is 2.16 bits per heavy atom. The quantitative estimate of drug-likeness (QED) is 0.468. The molecule has 37 heavy (non-hydrogen) atoms. The largest absolute Gasteiger partial charge is 0.573 e. The van der Waals surface area contributed by atoms with Crippen molar-refractivity contribution in [2.24, 2.45) is 0 Å². The van der Waals surface area contributed by atoms with Gasteiger partial charge in [0.15, 0.2) is 5.75 Å². The maximum absolute atomic E-state index is 13.3. The van der Waals surface area contributed by atoms with Gasteiger partial charge in [-0.1, -0.05) is 60.7 Å². The van der Waals surface area contributed by atoms with Gasteiger partial charge in [-0.2, -0.15) is 0 Å². The molecule has 1 aliphatic rings. The summed E-state index contributed by atoms with van der Waals surface area (Å²) in [5.41, 5.74) is 7.22. The second-order valence-electron chi connectivity index (χ2n) is 8.65. The van der Waals surface area contributed by atoms with Crippen LogP contribution in [0.5, 0.6) is 5.75 Å². The fourth-order valence-electron chi connectivity index (χ4n) is 4.29. The number of piperazine rings is 1. The maximum atomic E-state index is 13.3.